The van der Waals surface area contributed by atoms with E-state index in [0.717, 1.165) is 17.1 Å². The molecule has 1 aliphatic rings. The van der Waals surface area contributed by atoms with Crippen LogP contribution < -0.4 is 5.32 Å². The summed E-state index contributed by atoms with van der Waals surface area (Å²) in [5.41, 5.74) is 2.22. The van der Waals surface area contributed by atoms with Gasteiger partial charge in [-0.15, -0.1) is 0 Å². The fourth-order valence-electron chi connectivity index (χ4n) is 3.30. The maximum Gasteiger partial charge on any atom is 0.174 e. The average Bonchev–Trinajstić information content (AvgIpc) is 3.02. The highest BCUT2D eigenvalue weighted by atomic mass is 19.1. The summed E-state index contributed by atoms with van der Waals surface area (Å²) in [7, 11) is 1.90. The van der Waals surface area contributed by atoms with Gasteiger partial charge in [0.2, 0.25) is 0 Å². The topological polar surface area (TPSA) is 46.9 Å². The minimum Gasteiger partial charge on any atom is -0.374 e. The number of rotatable bonds is 2. The number of hydrogen-bond acceptors (Lipinski definition) is 3. The third-order valence-corrected chi connectivity index (χ3v) is 4.49. The third-order valence-electron chi connectivity index (χ3n) is 4.49. The maximum atomic E-state index is 13.3. The van der Waals surface area contributed by atoms with Crippen molar-refractivity contribution >= 4 is 11.5 Å². The quantitative estimate of drug-likeness (QED) is 0.783. The lowest BCUT2D eigenvalue weighted by Gasteiger charge is -2.33. The van der Waals surface area contributed by atoms with Crippen LogP contribution in [0.2, 0.25) is 0 Å². The molecule has 1 aromatic heterocycles. The van der Waals surface area contributed by atoms with E-state index in [4.69, 9.17) is 0 Å². The number of nitrogens with one attached hydrogen (secondary N) is 1. The first-order valence-corrected chi connectivity index (χ1v) is 7.77. The van der Waals surface area contributed by atoms with E-state index in [2.05, 4.69) is 10.3 Å². The fourth-order valence-corrected chi connectivity index (χ4v) is 3.30. The van der Waals surface area contributed by atoms with Gasteiger partial charge in [0.05, 0.1) is 12.0 Å². The SMILES string of the molecule is Cn1ccnc1C1Nc2ccccc2C(=O)C1c1ccc(F)cc1. The van der Waals surface area contributed by atoms with Crippen LogP contribution in [0.25, 0.3) is 0 Å². The number of Topliss-reactive ketones (excluding diaryl/α,β-unsaturated/α-hetero) is 1. The molecule has 4 rings (SSSR count). The van der Waals surface area contributed by atoms with Crippen LogP contribution >= 0.6 is 0 Å². The minimum absolute atomic E-state index is 0.0176. The summed E-state index contributed by atoms with van der Waals surface area (Å²) in [6, 6.07) is 13.3. The Kier molecular flexibility index (Phi) is 3.41. The number of carbonyl (C=O) groups is 1. The normalized spacial score (nSPS) is 19.7. The van der Waals surface area contributed by atoms with Crippen LogP contribution in [0.5, 0.6) is 0 Å². The predicted octanol–water partition coefficient (Wildman–Crippen LogP) is 3.69. The van der Waals surface area contributed by atoms with Crippen LogP contribution in [-0.4, -0.2) is 15.3 Å². The van der Waals surface area contributed by atoms with Crippen LogP contribution in [-0.2, 0) is 7.05 Å². The molecule has 0 saturated heterocycles. The number of nitrogens with zero attached hydrogens (tertiary/aromatic N) is 2. The molecule has 4 nitrogen and oxygen atoms in total. The lowest BCUT2D eigenvalue weighted by atomic mass is 9.80. The lowest BCUT2D eigenvalue weighted by molar-refractivity contribution is 0.0943. The Labute approximate surface area is 139 Å². The zero-order valence-electron chi connectivity index (χ0n) is 13.1. The van der Waals surface area contributed by atoms with E-state index in [-0.39, 0.29) is 17.6 Å². The van der Waals surface area contributed by atoms with Gasteiger partial charge in [0.1, 0.15) is 11.6 Å². The average molecular weight is 321 g/mol. The van der Waals surface area contributed by atoms with Crippen LogP contribution in [0, 0.1) is 5.82 Å². The Hall–Kier alpha value is -2.95. The number of benzene rings is 2. The van der Waals surface area contributed by atoms with E-state index in [0.29, 0.717) is 5.56 Å². The minimum atomic E-state index is -0.457. The van der Waals surface area contributed by atoms with Crippen molar-refractivity contribution in [2.45, 2.75) is 12.0 Å². The fraction of sp³-hybridized carbons (Fsp3) is 0.158. The number of aryl methyl sites for hydroxylation is 1. The molecule has 0 bridgehead atoms. The van der Waals surface area contributed by atoms with Crippen LogP contribution in [0.4, 0.5) is 10.1 Å². The zero-order chi connectivity index (χ0) is 16.7. The van der Waals surface area contributed by atoms with Crippen molar-refractivity contribution in [3.05, 3.63) is 83.7 Å². The van der Waals surface area contributed by atoms with E-state index in [1.54, 1.807) is 18.3 Å². The van der Waals surface area contributed by atoms with Crippen molar-refractivity contribution < 1.29 is 9.18 Å². The van der Waals surface area contributed by atoms with Gasteiger partial charge in [-0.1, -0.05) is 24.3 Å². The highest BCUT2D eigenvalue weighted by molar-refractivity contribution is 6.07. The second-order valence-electron chi connectivity index (χ2n) is 5.96. The van der Waals surface area contributed by atoms with Gasteiger partial charge >= 0.3 is 0 Å². The summed E-state index contributed by atoms with van der Waals surface area (Å²) in [4.78, 5) is 17.6. The first kappa shape index (κ1) is 14.6. The van der Waals surface area contributed by atoms with E-state index >= 15 is 0 Å². The second-order valence-corrected chi connectivity index (χ2v) is 5.96. The number of halogens is 1. The highest BCUT2D eigenvalue weighted by Gasteiger charge is 2.38. The van der Waals surface area contributed by atoms with Crippen molar-refractivity contribution in [1.82, 2.24) is 9.55 Å². The number of imidazole rings is 1. The summed E-state index contributed by atoms with van der Waals surface area (Å²) in [5.74, 6) is 0.0154. The molecule has 2 aromatic carbocycles. The molecule has 0 radical (unpaired) electrons. The van der Waals surface area contributed by atoms with Gasteiger partial charge in [0, 0.05) is 30.7 Å². The monoisotopic (exact) mass is 321 g/mol. The summed E-state index contributed by atoms with van der Waals surface area (Å²) >= 11 is 0. The molecule has 1 N–H and O–H groups in total. The Morgan fingerprint density at radius 2 is 1.88 bits per heavy atom. The van der Waals surface area contributed by atoms with Crippen molar-refractivity contribution in [3.8, 4) is 0 Å². The van der Waals surface area contributed by atoms with Crippen molar-refractivity contribution in [2.24, 2.45) is 7.05 Å². The molecule has 2 atom stereocenters. The summed E-state index contributed by atoms with van der Waals surface area (Å²) in [6.45, 7) is 0. The third kappa shape index (κ3) is 2.29. The Morgan fingerprint density at radius 1 is 1.12 bits per heavy atom. The number of ketones is 1. The molecular weight excluding hydrogens is 305 g/mol. The summed E-state index contributed by atoms with van der Waals surface area (Å²) in [5, 5.41) is 3.44. The number of hydrogen-bond donors (Lipinski definition) is 1. The molecule has 1 aliphatic heterocycles. The lowest BCUT2D eigenvalue weighted by Crippen LogP contribution is -2.33. The van der Waals surface area contributed by atoms with Gasteiger partial charge < -0.3 is 9.88 Å². The molecule has 0 amide bonds. The number of aromatic nitrogens is 2. The number of anilines is 1. The molecule has 2 unspecified atom stereocenters. The first-order chi connectivity index (χ1) is 11.6. The van der Waals surface area contributed by atoms with Crippen LogP contribution in [0.3, 0.4) is 0 Å². The van der Waals surface area contributed by atoms with Gasteiger partial charge in [-0.05, 0) is 29.8 Å². The van der Waals surface area contributed by atoms with Crippen molar-refractivity contribution in [1.29, 1.82) is 0 Å². The molecule has 0 aliphatic carbocycles. The first-order valence-electron chi connectivity index (χ1n) is 7.77. The number of para-hydroxylation sites is 1. The molecule has 120 valence electrons. The van der Waals surface area contributed by atoms with Gasteiger partial charge in [-0.3, -0.25) is 4.79 Å². The molecular formula is C19H16FN3O. The predicted molar refractivity (Wildman–Crippen MR) is 89.5 cm³/mol. The van der Waals surface area contributed by atoms with E-state index in [1.165, 1.54) is 12.1 Å². The number of carbonyl (C=O) groups excluding carboxylic acids is 1. The molecule has 3 aromatic rings. The van der Waals surface area contributed by atoms with Crippen molar-refractivity contribution in [3.63, 3.8) is 0 Å². The van der Waals surface area contributed by atoms with Crippen molar-refractivity contribution in [2.75, 3.05) is 5.32 Å². The summed E-state index contributed by atoms with van der Waals surface area (Å²) in [6.07, 6.45) is 3.56. The van der Waals surface area contributed by atoms with Gasteiger partial charge in [-0.2, -0.15) is 0 Å². The number of fused-ring (bicyclic) bond motifs is 1. The van der Waals surface area contributed by atoms with Crippen LogP contribution in [0.1, 0.15) is 33.7 Å². The zero-order valence-corrected chi connectivity index (χ0v) is 13.1. The Morgan fingerprint density at radius 3 is 2.58 bits per heavy atom. The molecule has 24 heavy (non-hydrogen) atoms. The molecule has 5 heteroatoms. The largest absolute Gasteiger partial charge is 0.374 e. The Balaban J connectivity index is 1.87. The molecule has 0 saturated carbocycles. The molecule has 0 spiro atoms. The smallest absolute Gasteiger partial charge is 0.174 e. The standard InChI is InChI=1S/C19H16FN3O/c1-23-11-10-21-19(23)17-16(12-6-8-13(20)9-7-12)18(24)14-4-2-3-5-15(14)22-17/h2-11,16-17,22H,1H3. The second kappa shape index (κ2) is 5.60. The molecule has 0 fully saturated rings. The van der Waals surface area contributed by atoms with Gasteiger partial charge in [0.15, 0.2) is 5.78 Å². The van der Waals surface area contributed by atoms with Crippen LogP contribution in [0.15, 0.2) is 60.9 Å². The Bertz CT molecular complexity index is 901. The van der Waals surface area contributed by atoms with E-state index < -0.39 is 5.92 Å². The highest BCUT2D eigenvalue weighted by Crippen LogP contribution is 2.41. The molecule has 2 heterocycles. The maximum absolute atomic E-state index is 13.3. The summed E-state index contributed by atoms with van der Waals surface area (Å²) < 4.78 is 15.2. The van der Waals surface area contributed by atoms with E-state index in [1.807, 2.05) is 42.1 Å². The van der Waals surface area contributed by atoms with E-state index in [9.17, 15) is 9.18 Å². The van der Waals surface area contributed by atoms with Gasteiger partial charge in [0.25, 0.3) is 0 Å². The van der Waals surface area contributed by atoms with Gasteiger partial charge in [-0.25, -0.2) is 9.37 Å².